The van der Waals surface area contributed by atoms with Crippen LogP contribution in [0.25, 0.3) is 10.8 Å². The average Bonchev–Trinajstić information content (AvgIpc) is 2.56. The number of rotatable bonds is 2. The van der Waals surface area contributed by atoms with Gasteiger partial charge in [-0.05, 0) is 23.1 Å². The first kappa shape index (κ1) is 12.0. The fourth-order valence-electron chi connectivity index (χ4n) is 2.93. The normalized spacial score (nSPS) is 12.6. The predicted molar refractivity (Wildman–Crippen MR) is 85.7 cm³/mol. The zero-order chi connectivity index (χ0) is 14.2. The molecule has 0 radical (unpaired) electrons. The second-order valence-electron chi connectivity index (χ2n) is 5.18. The van der Waals surface area contributed by atoms with Crippen LogP contribution in [0.3, 0.4) is 0 Å². The summed E-state index contributed by atoms with van der Waals surface area (Å²) < 4.78 is 0. The molecule has 4 rings (SSSR count). The summed E-state index contributed by atoms with van der Waals surface area (Å²) in [6.45, 7) is 0. The van der Waals surface area contributed by atoms with Crippen LogP contribution < -0.4 is 0 Å². The Bertz CT molecular complexity index is 879. The van der Waals surface area contributed by atoms with Crippen molar-refractivity contribution in [3.8, 4) is 0 Å². The van der Waals surface area contributed by atoms with Gasteiger partial charge >= 0.3 is 0 Å². The molecular formula is C19H13NO. The average molecular weight is 271 g/mol. The first-order valence-corrected chi connectivity index (χ1v) is 7.01. The lowest BCUT2D eigenvalue weighted by Gasteiger charge is -2.14. The topological polar surface area (TPSA) is 29.4 Å². The zero-order valence-corrected chi connectivity index (χ0v) is 11.4. The molecule has 0 N–H and O–H groups in total. The summed E-state index contributed by atoms with van der Waals surface area (Å²) in [7, 11) is 0. The SMILES string of the molecule is O=C(c1ccccc1)c1ccc2c3c(cccc13)CC=N2. The Labute approximate surface area is 122 Å². The molecule has 0 aromatic heterocycles. The van der Waals surface area contributed by atoms with Crippen molar-refractivity contribution in [2.75, 3.05) is 0 Å². The molecule has 2 heteroatoms. The van der Waals surface area contributed by atoms with E-state index in [0.717, 1.165) is 34.0 Å². The molecule has 0 spiro atoms. The highest BCUT2D eigenvalue weighted by atomic mass is 16.1. The van der Waals surface area contributed by atoms with Gasteiger partial charge in [-0.1, -0.05) is 48.5 Å². The summed E-state index contributed by atoms with van der Waals surface area (Å²) in [4.78, 5) is 17.2. The van der Waals surface area contributed by atoms with Crippen LogP contribution in [-0.2, 0) is 6.42 Å². The summed E-state index contributed by atoms with van der Waals surface area (Å²) >= 11 is 0. The monoisotopic (exact) mass is 271 g/mol. The molecule has 0 saturated heterocycles. The van der Waals surface area contributed by atoms with E-state index in [9.17, 15) is 4.79 Å². The van der Waals surface area contributed by atoms with Gasteiger partial charge in [-0.15, -0.1) is 0 Å². The van der Waals surface area contributed by atoms with E-state index in [1.54, 1.807) is 0 Å². The van der Waals surface area contributed by atoms with E-state index in [0.29, 0.717) is 0 Å². The van der Waals surface area contributed by atoms with E-state index in [2.05, 4.69) is 11.1 Å². The molecule has 100 valence electrons. The smallest absolute Gasteiger partial charge is 0.193 e. The van der Waals surface area contributed by atoms with Crippen molar-refractivity contribution in [1.29, 1.82) is 0 Å². The molecule has 3 aromatic carbocycles. The second-order valence-corrected chi connectivity index (χ2v) is 5.18. The van der Waals surface area contributed by atoms with Crippen LogP contribution in [-0.4, -0.2) is 12.0 Å². The molecule has 0 saturated carbocycles. The highest BCUT2D eigenvalue weighted by Crippen LogP contribution is 2.34. The van der Waals surface area contributed by atoms with Crippen molar-refractivity contribution in [1.82, 2.24) is 0 Å². The number of hydrogen-bond acceptors (Lipinski definition) is 2. The van der Waals surface area contributed by atoms with Gasteiger partial charge in [-0.3, -0.25) is 9.79 Å². The Hall–Kier alpha value is -2.74. The van der Waals surface area contributed by atoms with Crippen molar-refractivity contribution in [2.45, 2.75) is 6.42 Å². The van der Waals surface area contributed by atoms with Gasteiger partial charge in [0.2, 0.25) is 0 Å². The van der Waals surface area contributed by atoms with E-state index in [-0.39, 0.29) is 5.78 Å². The van der Waals surface area contributed by atoms with E-state index < -0.39 is 0 Å². The van der Waals surface area contributed by atoms with Gasteiger partial charge in [0, 0.05) is 29.1 Å². The van der Waals surface area contributed by atoms with Crippen LogP contribution in [0, 0.1) is 0 Å². The highest BCUT2D eigenvalue weighted by Gasteiger charge is 2.17. The number of benzene rings is 3. The largest absolute Gasteiger partial charge is 0.289 e. The van der Waals surface area contributed by atoms with Crippen LogP contribution in [0.1, 0.15) is 21.5 Å². The summed E-state index contributed by atoms with van der Waals surface area (Å²) in [6, 6.07) is 19.4. The van der Waals surface area contributed by atoms with Gasteiger partial charge < -0.3 is 0 Å². The van der Waals surface area contributed by atoms with Gasteiger partial charge in [0.05, 0.1) is 5.69 Å². The molecule has 0 atom stereocenters. The van der Waals surface area contributed by atoms with Gasteiger partial charge in [0.1, 0.15) is 0 Å². The van der Waals surface area contributed by atoms with Crippen molar-refractivity contribution in [3.05, 3.63) is 77.4 Å². The van der Waals surface area contributed by atoms with Gasteiger partial charge in [0.15, 0.2) is 5.78 Å². The van der Waals surface area contributed by atoms with E-state index in [1.165, 1.54) is 5.56 Å². The quantitative estimate of drug-likeness (QED) is 0.638. The third kappa shape index (κ3) is 1.88. The minimum Gasteiger partial charge on any atom is -0.289 e. The molecule has 2 nitrogen and oxygen atoms in total. The third-order valence-electron chi connectivity index (χ3n) is 3.93. The van der Waals surface area contributed by atoms with E-state index in [1.807, 2.05) is 60.8 Å². The minimum absolute atomic E-state index is 0.0638. The van der Waals surface area contributed by atoms with Crippen molar-refractivity contribution in [2.24, 2.45) is 4.99 Å². The summed E-state index contributed by atoms with van der Waals surface area (Å²) in [6.07, 6.45) is 2.75. The van der Waals surface area contributed by atoms with Gasteiger partial charge in [-0.25, -0.2) is 0 Å². The zero-order valence-electron chi connectivity index (χ0n) is 11.4. The third-order valence-corrected chi connectivity index (χ3v) is 3.93. The Morgan fingerprint density at radius 2 is 1.76 bits per heavy atom. The lowest BCUT2D eigenvalue weighted by molar-refractivity contribution is 0.104. The van der Waals surface area contributed by atoms with Crippen LogP contribution in [0.2, 0.25) is 0 Å². The van der Waals surface area contributed by atoms with Crippen molar-refractivity contribution >= 4 is 28.5 Å². The molecular weight excluding hydrogens is 258 g/mol. The molecule has 0 amide bonds. The summed E-state index contributed by atoms with van der Waals surface area (Å²) in [5.41, 5.74) is 3.66. The first-order chi connectivity index (χ1) is 10.3. The molecule has 1 aliphatic rings. The fourth-order valence-corrected chi connectivity index (χ4v) is 2.93. The maximum absolute atomic E-state index is 12.8. The fraction of sp³-hybridized carbons (Fsp3) is 0.0526. The molecule has 21 heavy (non-hydrogen) atoms. The predicted octanol–water partition coefficient (Wildman–Crippen LogP) is 4.33. The number of nitrogens with zero attached hydrogens (tertiary/aromatic N) is 1. The van der Waals surface area contributed by atoms with Crippen LogP contribution in [0.4, 0.5) is 5.69 Å². The molecule has 0 unspecified atom stereocenters. The molecule has 0 aliphatic carbocycles. The lowest BCUT2D eigenvalue weighted by Crippen LogP contribution is -2.03. The number of carbonyl (C=O) groups excluding carboxylic acids is 1. The highest BCUT2D eigenvalue weighted by molar-refractivity contribution is 6.18. The van der Waals surface area contributed by atoms with Gasteiger partial charge in [-0.2, -0.15) is 0 Å². The summed E-state index contributed by atoms with van der Waals surface area (Å²) in [5.74, 6) is 0.0638. The Morgan fingerprint density at radius 1 is 0.905 bits per heavy atom. The maximum atomic E-state index is 12.8. The number of aliphatic imine (C=N–C) groups is 1. The minimum atomic E-state index is 0.0638. The standard InChI is InChI=1S/C19H13NO/c21-19(14-5-2-1-3-6-14)16-9-10-17-18-13(11-12-20-17)7-4-8-15(16)18/h1-10,12H,11H2. The molecule has 0 fully saturated rings. The second kappa shape index (κ2) is 4.67. The molecule has 0 bridgehead atoms. The number of carbonyl (C=O) groups is 1. The van der Waals surface area contributed by atoms with Gasteiger partial charge in [0.25, 0.3) is 0 Å². The van der Waals surface area contributed by atoms with Crippen LogP contribution in [0.5, 0.6) is 0 Å². The van der Waals surface area contributed by atoms with E-state index in [4.69, 9.17) is 0 Å². The van der Waals surface area contributed by atoms with Crippen molar-refractivity contribution in [3.63, 3.8) is 0 Å². The van der Waals surface area contributed by atoms with Crippen LogP contribution in [0.15, 0.2) is 65.7 Å². The Balaban J connectivity index is 1.98. The maximum Gasteiger partial charge on any atom is 0.193 e. The van der Waals surface area contributed by atoms with E-state index >= 15 is 0 Å². The number of ketones is 1. The molecule has 1 heterocycles. The van der Waals surface area contributed by atoms with Crippen molar-refractivity contribution < 1.29 is 4.79 Å². The molecule has 1 aliphatic heterocycles. The summed E-state index contributed by atoms with van der Waals surface area (Å²) in [5, 5.41) is 2.11. The lowest BCUT2D eigenvalue weighted by atomic mass is 9.92. The number of hydrogen-bond donors (Lipinski definition) is 0. The Morgan fingerprint density at radius 3 is 2.62 bits per heavy atom. The van der Waals surface area contributed by atoms with Crippen LogP contribution >= 0.6 is 0 Å². The Kier molecular flexibility index (Phi) is 2.68. The molecule has 3 aromatic rings. The first-order valence-electron chi connectivity index (χ1n) is 7.01.